The maximum atomic E-state index is 13.5. The lowest BCUT2D eigenvalue weighted by atomic mass is 10.2. The maximum Gasteiger partial charge on any atom is 0.264 e. The summed E-state index contributed by atoms with van der Waals surface area (Å²) in [7, 11) is 0. The van der Waals surface area contributed by atoms with Gasteiger partial charge in [-0.25, -0.2) is 9.38 Å². The number of aromatic nitrogens is 1. The Balaban J connectivity index is 1.64. The Morgan fingerprint density at radius 1 is 1.17 bits per heavy atom. The predicted molar refractivity (Wildman–Crippen MR) is 125 cm³/mol. The Bertz CT molecular complexity index is 1220. The van der Waals surface area contributed by atoms with Crippen molar-refractivity contribution in [2.75, 3.05) is 0 Å². The van der Waals surface area contributed by atoms with E-state index in [4.69, 9.17) is 11.6 Å². The minimum absolute atomic E-state index is 0.0689. The van der Waals surface area contributed by atoms with Crippen molar-refractivity contribution in [1.82, 2.24) is 9.88 Å². The van der Waals surface area contributed by atoms with Gasteiger partial charge < -0.3 is 9.88 Å². The quantitative estimate of drug-likeness (QED) is 0.412. The first-order valence-corrected chi connectivity index (χ1v) is 11.0. The number of amides is 1. The van der Waals surface area contributed by atoms with E-state index in [-0.39, 0.29) is 10.9 Å². The molecule has 0 unspecified atom stereocenters. The SMILES string of the molecule is Cc1cc(/C=C2\SC(=Nc3ccc(Br)cc3)NC2=O)c(C)n1-c1ccc(F)c(Cl)c1. The fraction of sp³-hybridized carbons (Fsp3) is 0.0909. The van der Waals surface area contributed by atoms with E-state index < -0.39 is 5.82 Å². The molecule has 1 aliphatic heterocycles. The molecule has 1 fully saturated rings. The standard InChI is InChI=1S/C22H16BrClFN3OS/c1-12-9-14(13(2)28(12)17-7-8-19(25)18(24)11-17)10-20-21(29)27-22(30-20)26-16-5-3-15(23)4-6-16/h3-11H,1-2H3,(H,26,27,29)/b20-10-. The summed E-state index contributed by atoms with van der Waals surface area (Å²) in [5.74, 6) is -0.646. The minimum atomic E-state index is -0.457. The lowest BCUT2D eigenvalue weighted by molar-refractivity contribution is -0.115. The fourth-order valence-electron chi connectivity index (χ4n) is 3.21. The average Bonchev–Trinajstić information content (AvgIpc) is 3.18. The van der Waals surface area contributed by atoms with E-state index in [1.165, 1.54) is 17.8 Å². The van der Waals surface area contributed by atoms with Gasteiger partial charge in [-0.1, -0.05) is 27.5 Å². The number of hydrogen-bond donors (Lipinski definition) is 1. The number of carbonyl (C=O) groups is 1. The highest BCUT2D eigenvalue weighted by molar-refractivity contribution is 9.10. The van der Waals surface area contributed by atoms with Gasteiger partial charge in [-0.2, -0.15) is 0 Å². The van der Waals surface area contributed by atoms with Crippen molar-refractivity contribution in [3.63, 3.8) is 0 Å². The van der Waals surface area contributed by atoms with E-state index in [1.807, 2.05) is 54.8 Å². The second-order valence-corrected chi connectivity index (χ2v) is 9.07. The van der Waals surface area contributed by atoms with Crippen LogP contribution in [0.15, 0.2) is 62.9 Å². The lowest BCUT2D eigenvalue weighted by Crippen LogP contribution is -2.19. The normalized spacial score (nSPS) is 16.5. The molecule has 1 N–H and O–H groups in total. The van der Waals surface area contributed by atoms with E-state index >= 15 is 0 Å². The van der Waals surface area contributed by atoms with Gasteiger partial charge in [0.2, 0.25) is 0 Å². The largest absolute Gasteiger partial charge is 0.318 e. The molecule has 4 rings (SSSR count). The van der Waals surface area contributed by atoms with E-state index in [0.29, 0.717) is 10.1 Å². The molecule has 0 saturated carbocycles. The molecule has 1 amide bonds. The molecule has 152 valence electrons. The van der Waals surface area contributed by atoms with Gasteiger partial charge in [0.25, 0.3) is 5.91 Å². The summed E-state index contributed by atoms with van der Waals surface area (Å²) in [6, 6.07) is 14.1. The molecule has 0 atom stereocenters. The van der Waals surface area contributed by atoms with Crippen LogP contribution in [-0.2, 0) is 4.79 Å². The highest BCUT2D eigenvalue weighted by atomic mass is 79.9. The summed E-state index contributed by atoms with van der Waals surface area (Å²) < 4.78 is 16.5. The number of benzene rings is 2. The number of nitrogens with zero attached hydrogens (tertiary/aromatic N) is 2. The first kappa shape index (κ1) is 20.9. The minimum Gasteiger partial charge on any atom is -0.318 e. The highest BCUT2D eigenvalue weighted by Crippen LogP contribution is 2.31. The molecule has 1 aromatic heterocycles. The van der Waals surface area contributed by atoms with Gasteiger partial charge in [0.15, 0.2) is 5.17 Å². The zero-order valence-corrected chi connectivity index (χ0v) is 19.2. The van der Waals surface area contributed by atoms with Crippen LogP contribution in [0, 0.1) is 19.7 Å². The molecule has 1 aliphatic rings. The summed E-state index contributed by atoms with van der Waals surface area (Å²) in [6.07, 6.45) is 1.84. The van der Waals surface area contributed by atoms with Gasteiger partial charge in [-0.15, -0.1) is 0 Å². The predicted octanol–water partition coefficient (Wildman–Crippen LogP) is 6.54. The Kier molecular flexibility index (Phi) is 5.86. The Labute approximate surface area is 191 Å². The summed E-state index contributed by atoms with van der Waals surface area (Å²) >= 11 is 10.6. The molecule has 3 aromatic rings. The van der Waals surface area contributed by atoms with Gasteiger partial charge in [0.1, 0.15) is 5.82 Å². The van der Waals surface area contributed by atoms with Crippen molar-refractivity contribution in [2.45, 2.75) is 13.8 Å². The first-order chi connectivity index (χ1) is 14.3. The molecule has 4 nitrogen and oxygen atoms in total. The first-order valence-electron chi connectivity index (χ1n) is 9.01. The molecule has 8 heteroatoms. The molecule has 30 heavy (non-hydrogen) atoms. The fourth-order valence-corrected chi connectivity index (χ4v) is 4.48. The van der Waals surface area contributed by atoms with Crippen molar-refractivity contribution < 1.29 is 9.18 Å². The summed E-state index contributed by atoms with van der Waals surface area (Å²) in [4.78, 5) is 17.5. The van der Waals surface area contributed by atoms with Crippen molar-refractivity contribution >= 4 is 62.1 Å². The number of aryl methyl sites for hydroxylation is 1. The van der Waals surface area contributed by atoms with Gasteiger partial charge >= 0.3 is 0 Å². The molecule has 0 bridgehead atoms. The third-order valence-electron chi connectivity index (χ3n) is 4.63. The third-order valence-corrected chi connectivity index (χ3v) is 6.35. The van der Waals surface area contributed by atoms with Gasteiger partial charge in [0, 0.05) is 21.5 Å². The zero-order valence-electron chi connectivity index (χ0n) is 16.0. The van der Waals surface area contributed by atoms with Gasteiger partial charge in [0.05, 0.1) is 15.6 Å². The monoisotopic (exact) mass is 503 g/mol. The van der Waals surface area contributed by atoms with Gasteiger partial charge in [-0.3, -0.25) is 4.79 Å². The molecule has 2 heterocycles. The molecule has 2 aromatic carbocycles. The molecular weight excluding hydrogens is 489 g/mol. The van der Waals surface area contributed by atoms with Crippen molar-refractivity contribution in [2.24, 2.45) is 4.99 Å². The zero-order chi connectivity index (χ0) is 21.4. The number of thioether (sulfide) groups is 1. The smallest absolute Gasteiger partial charge is 0.264 e. The third kappa shape index (κ3) is 4.24. The molecular formula is C22H16BrClFN3OS. The molecule has 0 aliphatic carbocycles. The number of rotatable bonds is 3. The van der Waals surface area contributed by atoms with Crippen LogP contribution in [0.4, 0.5) is 10.1 Å². The summed E-state index contributed by atoms with van der Waals surface area (Å²) in [5, 5.41) is 3.41. The van der Waals surface area contributed by atoms with Crippen LogP contribution >= 0.6 is 39.3 Å². The van der Waals surface area contributed by atoms with Crippen LogP contribution in [0.3, 0.4) is 0 Å². The van der Waals surface area contributed by atoms with E-state index in [1.54, 1.807) is 12.1 Å². The Morgan fingerprint density at radius 2 is 1.90 bits per heavy atom. The van der Waals surface area contributed by atoms with Crippen LogP contribution in [0.2, 0.25) is 5.02 Å². The molecule has 0 spiro atoms. The van der Waals surface area contributed by atoms with Crippen molar-refractivity contribution in [3.05, 3.63) is 85.7 Å². The number of halogens is 3. The summed E-state index contributed by atoms with van der Waals surface area (Å²) in [6.45, 7) is 3.90. The Hall–Kier alpha value is -2.35. The maximum absolute atomic E-state index is 13.5. The van der Waals surface area contributed by atoms with Crippen LogP contribution < -0.4 is 5.32 Å². The second kappa shape index (κ2) is 8.41. The second-order valence-electron chi connectivity index (χ2n) is 6.72. The number of nitrogens with one attached hydrogen (secondary N) is 1. The van der Waals surface area contributed by atoms with E-state index in [2.05, 4.69) is 26.2 Å². The average molecular weight is 505 g/mol. The lowest BCUT2D eigenvalue weighted by Gasteiger charge is -2.10. The summed E-state index contributed by atoms with van der Waals surface area (Å²) in [5.41, 5.74) is 4.30. The van der Waals surface area contributed by atoms with Crippen LogP contribution in [0.25, 0.3) is 11.8 Å². The van der Waals surface area contributed by atoms with Crippen LogP contribution in [-0.4, -0.2) is 15.6 Å². The number of hydrogen-bond acceptors (Lipinski definition) is 3. The van der Waals surface area contributed by atoms with Gasteiger partial charge in [-0.05, 0) is 85.8 Å². The number of aliphatic imine (C=N–C) groups is 1. The van der Waals surface area contributed by atoms with E-state index in [9.17, 15) is 9.18 Å². The number of carbonyl (C=O) groups excluding carboxylic acids is 1. The molecule has 1 saturated heterocycles. The molecule has 0 radical (unpaired) electrons. The van der Waals surface area contributed by atoms with Crippen LogP contribution in [0.5, 0.6) is 0 Å². The Morgan fingerprint density at radius 3 is 2.60 bits per heavy atom. The number of amidine groups is 1. The van der Waals surface area contributed by atoms with Crippen molar-refractivity contribution in [1.29, 1.82) is 0 Å². The van der Waals surface area contributed by atoms with E-state index in [0.717, 1.165) is 32.8 Å². The topological polar surface area (TPSA) is 46.4 Å². The highest BCUT2D eigenvalue weighted by Gasteiger charge is 2.24. The van der Waals surface area contributed by atoms with Crippen molar-refractivity contribution in [3.8, 4) is 5.69 Å². The van der Waals surface area contributed by atoms with Crippen LogP contribution in [0.1, 0.15) is 17.0 Å².